The smallest absolute Gasteiger partial charge is 0.203 e. The Bertz CT molecular complexity index is 1090. The van der Waals surface area contributed by atoms with Gasteiger partial charge in [0.1, 0.15) is 0 Å². The number of aromatic nitrogens is 1. The van der Waals surface area contributed by atoms with Crippen molar-refractivity contribution in [2.24, 2.45) is 0 Å². The zero-order chi connectivity index (χ0) is 19.6. The Kier molecular flexibility index (Phi) is 5.14. The number of ether oxygens (including phenoxy) is 3. The van der Waals surface area contributed by atoms with Crippen LogP contribution in [0, 0.1) is 0 Å². The summed E-state index contributed by atoms with van der Waals surface area (Å²) in [6.45, 7) is 1.57. The van der Waals surface area contributed by atoms with E-state index in [1.165, 1.54) is 33.5 Å². The Labute approximate surface area is 158 Å². The lowest BCUT2D eigenvalue weighted by atomic mass is 10.1. The monoisotopic (exact) mass is 387 g/mol. The minimum atomic E-state index is -3.74. The fraction of sp³-hybridized carbons (Fsp3) is 0.200. The van der Waals surface area contributed by atoms with Crippen molar-refractivity contribution in [3.8, 4) is 17.2 Å². The maximum Gasteiger partial charge on any atom is 0.203 e. The summed E-state index contributed by atoms with van der Waals surface area (Å²) in [6.07, 6.45) is 3.49. The van der Waals surface area contributed by atoms with Gasteiger partial charge >= 0.3 is 0 Å². The lowest BCUT2D eigenvalue weighted by molar-refractivity contribution is 0.323. The van der Waals surface area contributed by atoms with Crippen LogP contribution in [0.3, 0.4) is 0 Å². The minimum Gasteiger partial charge on any atom is -0.493 e. The van der Waals surface area contributed by atoms with Gasteiger partial charge in [0.05, 0.1) is 26.2 Å². The van der Waals surface area contributed by atoms with Crippen molar-refractivity contribution < 1.29 is 22.6 Å². The average molecular weight is 387 g/mol. The molecule has 0 radical (unpaired) electrons. The van der Waals surface area contributed by atoms with Crippen molar-refractivity contribution in [2.45, 2.75) is 11.8 Å². The second-order valence-electron chi connectivity index (χ2n) is 5.91. The molecule has 1 N–H and O–H groups in total. The normalized spacial score (nSPS) is 12.2. The first-order chi connectivity index (χ1) is 12.9. The predicted molar refractivity (Wildman–Crippen MR) is 105 cm³/mol. The third kappa shape index (κ3) is 3.38. The van der Waals surface area contributed by atoms with Gasteiger partial charge in [0.15, 0.2) is 11.5 Å². The maximum atomic E-state index is 13.1. The molecule has 6 nitrogen and oxygen atoms in total. The summed E-state index contributed by atoms with van der Waals surface area (Å²) in [6, 6.07) is 10.5. The summed E-state index contributed by atoms with van der Waals surface area (Å²) in [4.78, 5) is 3.41. The summed E-state index contributed by atoms with van der Waals surface area (Å²) in [5.74, 6) is 0.921. The predicted octanol–water partition coefficient (Wildman–Crippen LogP) is 4.03. The highest BCUT2D eigenvalue weighted by molar-refractivity contribution is 7.95. The summed E-state index contributed by atoms with van der Waals surface area (Å²) in [5.41, 5.74) is 1.77. The number of aromatic amines is 1. The molecule has 0 amide bonds. The van der Waals surface area contributed by atoms with E-state index in [9.17, 15) is 8.42 Å². The Hall–Kier alpha value is -2.93. The molecule has 142 valence electrons. The number of rotatable bonds is 6. The fourth-order valence-corrected chi connectivity index (χ4v) is 4.11. The molecule has 0 spiro atoms. The molecular formula is C20H21NO5S. The van der Waals surface area contributed by atoms with Crippen LogP contribution < -0.4 is 14.2 Å². The molecule has 0 atom stereocenters. The number of nitrogens with one attached hydrogen (secondary N) is 1. The van der Waals surface area contributed by atoms with Gasteiger partial charge < -0.3 is 19.2 Å². The molecule has 0 unspecified atom stereocenters. The Morgan fingerprint density at radius 2 is 1.67 bits per heavy atom. The molecule has 0 aliphatic rings. The molecule has 7 heteroatoms. The van der Waals surface area contributed by atoms with Crippen molar-refractivity contribution in [2.75, 3.05) is 21.3 Å². The molecule has 0 aliphatic heterocycles. The molecule has 0 saturated heterocycles. The summed E-state index contributed by atoms with van der Waals surface area (Å²) < 4.78 is 42.0. The number of benzene rings is 2. The van der Waals surface area contributed by atoms with Crippen LogP contribution >= 0.6 is 0 Å². The van der Waals surface area contributed by atoms with Crippen molar-refractivity contribution in [1.82, 2.24) is 4.98 Å². The average Bonchev–Trinajstić information content (AvgIpc) is 3.16. The lowest BCUT2D eigenvalue weighted by Gasteiger charge is -2.14. The minimum absolute atomic E-state index is 0.0759. The largest absolute Gasteiger partial charge is 0.493 e. The Morgan fingerprint density at radius 3 is 2.26 bits per heavy atom. The molecule has 0 fully saturated rings. The summed E-state index contributed by atoms with van der Waals surface area (Å²) in [7, 11) is 0.621. The van der Waals surface area contributed by atoms with Crippen LogP contribution in [0.4, 0.5) is 0 Å². The highest BCUT2D eigenvalue weighted by Crippen LogP contribution is 2.40. The number of hydrogen-bond acceptors (Lipinski definition) is 5. The van der Waals surface area contributed by atoms with Crippen LogP contribution in [-0.4, -0.2) is 34.7 Å². The van der Waals surface area contributed by atoms with E-state index in [1.807, 2.05) is 30.5 Å². The van der Waals surface area contributed by atoms with E-state index in [1.54, 1.807) is 13.0 Å². The van der Waals surface area contributed by atoms with E-state index in [4.69, 9.17) is 14.2 Å². The molecule has 3 rings (SSSR count). The Morgan fingerprint density at radius 1 is 1.00 bits per heavy atom. The van der Waals surface area contributed by atoms with Gasteiger partial charge in [-0.1, -0.05) is 12.1 Å². The quantitative estimate of drug-likeness (QED) is 0.691. The SMILES string of the molecule is COc1cc(S(=O)(=O)/C(C)=C/c2cccc3[nH]ccc23)cc(OC)c1OC. The zero-order valence-electron chi connectivity index (χ0n) is 15.6. The van der Waals surface area contributed by atoms with Gasteiger partial charge in [0.2, 0.25) is 15.6 Å². The van der Waals surface area contributed by atoms with Crippen molar-refractivity contribution >= 4 is 26.8 Å². The maximum absolute atomic E-state index is 13.1. The van der Waals surface area contributed by atoms with E-state index >= 15 is 0 Å². The Balaban J connectivity index is 2.12. The van der Waals surface area contributed by atoms with Crippen molar-refractivity contribution in [3.05, 3.63) is 53.1 Å². The third-order valence-corrected chi connectivity index (χ3v) is 6.18. The van der Waals surface area contributed by atoms with Crippen molar-refractivity contribution in [1.29, 1.82) is 0 Å². The highest BCUT2D eigenvalue weighted by Gasteiger charge is 2.23. The first-order valence-corrected chi connectivity index (χ1v) is 9.70. The van der Waals surface area contributed by atoms with E-state index in [2.05, 4.69) is 4.98 Å². The highest BCUT2D eigenvalue weighted by atomic mass is 32.2. The molecule has 1 aromatic heterocycles. The van der Waals surface area contributed by atoms with E-state index < -0.39 is 9.84 Å². The number of allylic oxidation sites excluding steroid dienone is 1. The van der Waals surface area contributed by atoms with Gasteiger partial charge in [-0.25, -0.2) is 8.42 Å². The van der Waals surface area contributed by atoms with Gasteiger partial charge in [0, 0.05) is 34.1 Å². The van der Waals surface area contributed by atoms with Crippen LogP contribution in [0.1, 0.15) is 12.5 Å². The van der Waals surface area contributed by atoms with Crippen LogP contribution in [0.2, 0.25) is 0 Å². The zero-order valence-corrected chi connectivity index (χ0v) is 16.4. The number of fused-ring (bicyclic) bond motifs is 1. The van der Waals surface area contributed by atoms with Crippen molar-refractivity contribution in [3.63, 3.8) is 0 Å². The van der Waals surface area contributed by atoms with Crippen LogP contribution in [0.5, 0.6) is 17.2 Å². The number of hydrogen-bond donors (Lipinski definition) is 1. The molecule has 2 aromatic carbocycles. The number of H-pyrrole nitrogens is 1. The third-order valence-electron chi connectivity index (χ3n) is 4.36. The standard InChI is InChI=1S/C20H21NO5S/c1-13(10-14-6-5-7-17-16(14)8-9-21-17)27(22,23)15-11-18(24-2)20(26-4)19(12-15)25-3/h5-12,21H,1-4H3/b13-10+. The number of methoxy groups -OCH3 is 3. The molecule has 27 heavy (non-hydrogen) atoms. The van der Waals surface area contributed by atoms with Crippen LogP contribution in [0.15, 0.2) is 52.4 Å². The van der Waals surface area contributed by atoms with Crippen LogP contribution in [0.25, 0.3) is 17.0 Å². The molecule has 1 heterocycles. The first-order valence-electron chi connectivity index (χ1n) is 8.22. The molecular weight excluding hydrogens is 366 g/mol. The van der Waals surface area contributed by atoms with Crippen LogP contribution in [-0.2, 0) is 9.84 Å². The van der Waals surface area contributed by atoms with E-state index in [-0.39, 0.29) is 21.3 Å². The second-order valence-corrected chi connectivity index (χ2v) is 8.03. The van der Waals surface area contributed by atoms with E-state index in [0.29, 0.717) is 5.75 Å². The molecule has 0 bridgehead atoms. The van der Waals surface area contributed by atoms with Gasteiger partial charge in [-0.05, 0) is 30.7 Å². The summed E-state index contributed by atoms with van der Waals surface area (Å²) in [5, 5.41) is 0.956. The molecule has 0 saturated carbocycles. The topological polar surface area (TPSA) is 77.6 Å². The van der Waals surface area contributed by atoms with Gasteiger partial charge in [0.25, 0.3) is 0 Å². The molecule has 3 aromatic rings. The lowest BCUT2D eigenvalue weighted by Crippen LogP contribution is -2.05. The van der Waals surface area contributed by atoms with Gasteiger partial charge in [-0.15, -0.1) is 0 Å². The molecule has 0 aliphatic carbocycles. The van der Waals surface area contributed by atoms with Gasteiger partial charge in [-0.2, -0.15) is 0 Å². The van der Waals surface area contributed by atoms with Gasteiger partial charge in [-0.3, -0.25) is 0 Å². The summed E-state index contributed by atoms with van der Waals surface area (Å²) >= 11 is 0. The second kappa shape index (κ2) is 7.36. The van der Waals surface area contributed by atoms with E-state index in [0.717, 1.165) is 16.5 Å². The first kappa shape index (κ1) is 18.8. The fourth-order valence-electron chi connectivity index (χ4n) is 2.93. The number of sulfone groups is 1.